The Balaban J connectivity index is 1.65. The molecular formula is C22H24N6O2. The first-order valence-corrected chi connectivity index (χ1v) is 10.0. The topological polar surface area (TPSA) is 112 Å². The highest BCUT2D eigenvalue weighted by atomic mass is 16.5. The Hall–Kier alpha value is -3.28. The minimum Gasteiger partial charge on any atom is -0.438 e. The minimum absolute atomic E-state index is 0.366. The van der Waals surface area contributed by atoms with Gasteiger partial charge in [0.2, 0.25) is 5.88 Å². The molecule has 0 saturated carbocycles. The molecule has 1 fully saturated rings. The lowest BCUT2D eigenvalue weighted by atomic mass is 9.97. The van der Waals surface area contributed by atoms with Gasteiger partial charge in [0.05, 0.1) is 22.9 Å². The van der Waals surface area contributed by atoms with Crippen LogP contribution >= 0.6 is 0 Å². The third kappa shape index (κ3) is 4.32. The van der Waals surface area contributed by atoms with E-state index in [-0.39, 0.29) is 0 Å². The molecule has 1 aromatic carbocycles. The van der Waals surface area contributed by atoms with E-state index in [1.807, 2.05) is 19.2 Å². The molecule has 8 nitrogen and oxygen atoms in total. The van der Waals surface area contributed by atoms with E-state index in [4.69, 9.17) is 15.2 Å². The van der Waals surface area contributed by atoms with Crippen LogP contribution in [-0.2, 0) is 18.2 Å². The lowest BCUT2D eigenvalue weighted by molar-refractivity contribution is 0.0844. The Bertz CT molecular complexity index is 1050. The van der Waals surface area contributed by atoms with Gasteiger partial charge in [-0.25, -0.2) is 14.6 Å². The number of benzene rings is 1. The molecule has 0 spiro atoms. The predicted octanol–water partition coefficient (Wildman–Crippen LogP) is 2.94. The van der Waals surface area contributed by atoms with E-state index in [1.165, 1.54) is 0 Å². The van der Waals surface area contributed by atoms with Crippen molar-refractivity contribution in [2.45, 2.75) is 25.2 Å². The highest BCUT2D eigenvalue weighted by molar-refractivity contribution is 5.66. The van der Waals surface area contributed by atoms with Crippen LogP contribution in [0.15, 0.2) is 36.7 Å². The van der Waals surface area contributed by atoms with Crippen molar-refractivity contribution in [2.24, 2.45) is 12.8 Å². The van der Waals surface area contributed by atoms with Crippen LogP contribution in [0.4, 0.5) is 0 Å². The first-order valence-electron chi connectivity index (χ1n) is 10.0. The number of nitrogens with zero attached hydrogens (tertiary/aromatic N) is 5. The van der Waals surface area contributed by atoms with Crippen molar-refractivity contribution in [3.8, 4) is 29.1 Å². The number of aromatic nitrogens is 4. The summed E-state index contributed by atoms with van der Waals surface area (Å²) in [4.78, 5) is 8.92. The van der Waals surface area contributed by atoms with Crippen LogP contribution in [-0.4, -0.2) is 39.5 Å². The summed E-state index contributed by atoms with van der Waals surface area (Å²) >= 11 is 0. The van der Waals surface area contributed by atoms with Gasteiger partial charge >= 0.3 is 0 Å². The minimum atomic E-state index is 0.366. The number of nitrogens with two attached hydrogens (primary N) is 1. The summed E-state index contributed by atoms with van der Waals surface area (Å²) in [6.45, 7) is 2.05. The van der Waals surface area contributed by atoms with Crippen LogP contribution in [0.25, 0.3) is 11.4 Å². The van der Waals surface area contributed by atoms with Crippen molar-refractivity contribution >= 4 is 0 Å². The molecule has 2 aromatic heterocycles. The Morgan fingerprint density at radius 3 is 2.70 bits per heavy atom. The Labute approximate surface area is 175 Å². The quantitative estimate of drug-likeness (QED) is 0.672. The predicted molar refractivity (Wildman–Crippen MR) is 111 cm³/mol. The number of hydrogen-bond donors (Lipinski definition) is 1. The summed E-state index contributed by atoms with van der Waals surface area (Å²) in [6, 6.07) is 9.36. The van der Waals surface area contributed by atoms with Gasteiger partial charge < -0.3 is 15.2 Å². The van der Waals surface area contributed by atoms with Crippen LogP contribution in [0.1, 0.15) is 35.6 Å². The van der Waals surface area contributed by atoms with E-state index in [9.17, 15) is 5.26 Å². The van der Waals surface area contributed by atoms with Crippen molar-refractivity contribution in [3.63, 3.8) is 0 Å². The molecule has 0 radical (unpaired) electrons. The normalized spacial score (nSPS) is 14.4. The number of rotatable bonds is 6. The first kappa shape index (κ1) is 20.0. The molecule has 0 bridgehead atoms. The second-order valence-electron chi connectivity index (χ2n) is 7.30. The number of ether oxygens (including phenoxy) is 2. The SMILES string of the molecule is Cn1nc(C2CCOCC2)cc1Oc1cc(C#N)ccc1-c1ncc(CCN)cn1. The van der Waals surface area contributed by atoms with Gasteiger partial charge in [-0.15, -0.1) is 0 Å². The maximum absolute atomic E-state index is 9.34. The molecule has 2 N–H and O–H groups in total. The van der Waals surface area contributed by atoms with Crippen molar-refractivity contribution < 1.29 is 9.47 Å². The summed E-state index contributed by atoms with van der Waals surface area (Å²) in [7, 11) is 1.85. The summed E-state index contributed by atoms with van der Waals surface area (Å²) in [5.41, 5.74) is 8.78. The fourth-order valence-corrected chi connectivity index (χ4v) is 3.52. The average molecular weight is 404 g/mol. The van der Waals surface area contributed by atoms with Gasteiger partial charge in [0.25, 0.3) is 0 Å². The molecule has 0 unspecified atom stereocenters. The van der Waals surface area contributed by atoms with E-state index in [0.717, 1.165) is 43.7 Å². The molecule has 0 amide bonds. The maximum Gasteiger partial charge on any atom is 0.217 e. The second kappa shape index (κ2) is 9.03. The molecule has 3 aromatic rings. The Morgan fingerprint density at radius 1 is 1.23 bits per heavy atom. The maximum atomic E-state index is 9.34. The third-order valence-corrected chi connectivity index (χ3v) is 5.20. The zero-order valence-electron chi connectivity index (χ0n) is 16.9. The fourth-order valence-electron chi connectivity index (χ4n) is 3.52. The van der Waals surface area contributed by atoms with E-state index in [2.05, 4.69) is 21.1 Å². The molecule has 1 saturated heterocycles. The zero-order chi connectivity index (χ0) is 20.9. The lowest BCUT2D eigenvalue weighted by Gasteiger charge is -2.19. The van der Waals surface area contributed by atoms with E-state index >= 15 is 0 Å². The molecule has 8 heteroatoms. The number of hydrogen-bond acceptors (Lipinski definition) is 7. The molecule has 1 aliphatic rings. The van der Waals surface area contributed by atoms with Gasteiger partial charge in [-0.1, -0.05) is 0 Å². The van der Waals surface area contributed by atoms with Gasteiger partial charge in [-0.05, 0) is 49.6 Å². The molecule has 1 aliphatic heterocycles. The number of nitriles is 1. The van der Waals surface area contributed by atoms with Gasteiger partial charge in [0.1, 0.15) is 5.75 Å². The summed E-state index contributed by atoms with van der Waals surface area (Å²) in [6.07, 6.45) is 6.17. The number of aryl methyl sites for hydroxylation is 1. The molecule has 0 atom stereocenters. The van der Waals surface area contributed by atoms with Crippen molar-refractivity contribution in [2.75, 3.05) is 19.8 Å². The average Bonchev–Trinajstić information content (AvgIpc) is 3.15. The van der Waals surface area contributed by atoms with Crippen LogP contribution in [0, 0.1) is 11.3 Å². The largest absolute Gasteiger partial charge is 0.438 e. The third-order valence-electron chi connectivity index (χ3n) is 5.20. The van der Waals surface area contributed by atoms with E-state index in [1.54, 1.807) is 29.2 Å². The lowest BCUT2D eigenvalue weighted by Crippen LogP contribution is -2.14. The Morgan fingerprint density at radius 2 is 2.00 bits per heavy atom. The van der Waals surface area contributed by atoms with Crippen molar-refractivity contribution in [1.29, 1.82) is 5.26 Å². The van der Waals surface area contributed by atoms with Crippen LogP contribution < -0.4 is 10.5 Å². The van der Waals surface area contributed by atoms with E-state index in [0.29, 0.717) is 41.0 Å². The highest BCUT2D eigenvalue weighted by Crippen LogP contribution is 2.34. The van der Waals surface area contributed by atoms with Crippen LogP contribution in [0.5, 0.6) is 11.6 Å². The molecule has 0 aliphatic carbocycles. The van der Waals surface area contributed by atoms with Crippen LogP contribution in [0.2, 0.25) is 0 Å². The van der Waals surface area contributed by atoms with E-state index < -0.39 is 0 Å². The Kier molecular flexibility index (Phi) is 6.02. The molecular weight excluding hydrogens is 380 g/mol. The highest BCUT2D eigenvalue weighted by Gasteiger charge is 2.21. The van der Waals surface area contributed by atoms with Crippen LogP contribution in [0.3, 0.4) is 0 Å². The van der Waals surface area contributed by atoms with Crippen molar-refractivity contribution in [1.82, 2.24) is 19.7 Å². The monoisotopic (exact) mass is 404 g/mol. The standard InChI is InChI=1S/C22H24N6O2/c1-28-21(11-19(27-28)17-5-8-29-9-6-17)30-20-10-15(12-24)2-3-18(20)22-25-13-16(4-7-23)14-26-22/h2-3,10-11,13-14,17H,4-9,23H2,1H3. The van der Waals surface area contributed by atoms with Gasteiger partial charge in [0, 0.05) is 44.6 Å². The zero-order valence-corrected chi connectivity index (χ0v) is 16.9. The first-order chi connectivity index (χ1) is 14.7. The molecule has 3 heterocycles. The van der Waals surface area contributed by atoms with Crippen molar-refractivity contribution in [3.05, 3.63) is 53.5 Å². The molecule has 30 heavy (non-hydrogen) atoms. The molecule has 154 valence electrons. The van der Waals surface area contributed by atoms with Gasteiger partial charge in [-0.3, -0.25) is 0 Å². The fraction of sp³-hybridized carbons (Fsp3) is 0.364. The molecule has 4 rings (SSSR count). The van der Waals surface area contributed by atoms with Gasteiger partial charge in [0.15, 0.2) is 5.82 Å². The second-order valence-corrected chi connectivity index (χ2v) is 7.30. The summed E-state index contributed by atoms with van der Waals surface area (Å²) in [5, 5.41) is 14.0. The van der Waals surface area contributed by atoms with Gasteiger partial charge in [-0.2, -0.15) is 10.4 Å². The smallest absolute Gasteiger partial charge is 0.217 e. The summed E-state index contributed by atoms with van der Waals surface area (Å²) < 4.78 is 13.4. The summed E-state index contributed by atoms with van der Waals surface area (Å²) in [5.74, 6) is 2.02.